The van der Waals surface area contributed by atoms with Gasteiger partial charge in [-0.25, -0.2) is 0 Å². The summed E-state index contributed by atoms with van der Waals surface area (Å²) in [7, 11) is 1.74. The molecule has 1 aliphatic rings. The predicted molar refractivity (Wildman–Crippen MR) is 100 cm³/mol. The molecule has 132 valence electrons. The van der Waals surface area contributed by atoms with Crippen molar-refractivity contribution in [2.24, 2.45) is 4.99 Å². The Kier molecular flexibility index (Phi) is 7.25. The monoisotopic (exact) mass is 437 g/mol. The van der Waals surface area contributed by atoms with Gasteiger partial charge >= 0.3 is 0 Å². The molecule has 0 aromatic carbocycles. The number of ether oxygens (including phenoxy) is 1. The van der Waals surface area contributed by atoms with Gasteiger partial charge in [-0.2, -0.15) is 4.98 Å². The summed E-state index contributed by atoms with van der Waals surface area (Å²) < 4.78 is 11.0. The summed E-state index contributed by atoms with van der Waals surface area (Å²) in [5.74, 6) is 1.97. The van der Waals surface area contributed by atoms with Gasteiger partial charge in [0.1, 0.15) is 0 Å². The molecular weight excluding hydrogens is 409 g/mol. The maximum absolute atomic E-state index is 5.75. The van der Waals surface area contributed by atoms with Crippen LogP contribution in [0, 0.1) is 0 Å². The Bertz CT molecular complexity index is 518. The molecule has 0 bridgehead atoms. The number of rotatable bonds is 4. The van der Waals surface area contributed by atoms with Crippen molar-refractivity contribution in [1.29, 1.82) is 0 Å². The van der Waals surface area contributed by atoms with Crippen LogP contribution in [0.5, 0.6) is 0 Å². The van der Waals surface area contributed by atoms with E-state index in [1.54, 1.807) is 7.05 Å². The zero-order chi connectivity index (χ0) is 16.2. The fourth-order valence-corrected chi connectivity index (χ4v) is 2.26. The number of aliphatic imine (C=N–C) groups is 1. The van der Waals surface area contributed by atoms with E-state index in [-0.39, 0.29) is 35.0 Å². The summed E-state index contributed by atoms with van der Waals surface area (Å²) in [5, 5.41) is 10.5. The molecule has 8 heteroatoms. The molecule has 0 radical (unpaired) electrons. The van der Waals surface area contributed by atoms with Crippen LogP contribution >= 0.6 is 24.0 Å². The number of halogens is 1. The van der Waals surface area contributed by atoms with Gasteiger partial charge < -0.3 is 19.9 Å². The van der Waals surface area contributed by atoms with Crippen LogP contribution in [-0.2, 0) is 16.7 Å². The summed E-state index contributed by atoms with van der Waals surface area (Å²) >= 11 is 0. The maximum Gasteiger partial charge on any atom is 0.232 e. The molecule has 2 heterocycles. The van der Waals surface area contributed by atoms with Gasteiger partial charge in [-0.3, -0.25) is 4.99 Å². The first-order valence-electron chi connectivity index (χ1n) is 7.74. The molecule has 2 rings (SSSR count). The number of hydrogen-bond acceptors (Lipinski definition) is 5. The summed E-state index contributed by atoms with van der Waals surface area (Å²) in [6, 6.07) is 0. The lowest BCUT2D eigenvalue weighted by Crippen LogP contribution is -2.45. The third kappa shape index (κ3) is 5.91. The number of guanidine groups is 1. The molecule has 1 aliphatic heterocycles. The van der Waals surface area contributed by atoms with Gasteiger partial charge in [0, 0.05) is 25.6 Å². The van der Waals surface area contributed by atoms with Crippen LogP contribution in [0.4, 0.5) is 0 Å². The van der Waals surface area contributed by atoms with Crippen LogP contribution in [0.1, 0.15) is 52.3 Å². The zero-order valence-corrected chi connectivity index (χ0v) is 16.9. The molecule has 0 saturated carbocycles. The SMILES string of the molecule is CN=C(NCc1noc(C(C)(C)C)n1)NCC1(C)CCCO1.I. The third-order valence-electron chi connectivity index (χ3n) is 3.68. The third-order valence-corrected chi connectivity index (χ3v) is 3.68. The van der Waals surface area contributed by atoms with E-state index in [1.165, 1.54) is 0 Å². The van der Waals surface area contributed by atoms with Crippen LogP contribution < -0.4 is 10.6 Å². The molecule has 2 N–H and O–H groups in total. The fourth-order valence-electron chi connectivity index (χ4n) is 2.26. The minimum atomic E-state index is -0.139. The Labute approximate surface area is 155 Å². The molecule has 0 amide bonds. The molecule has 1 aromatic heterocycles. The van der Waals surface area contributed by atoms with Gasteiger partial charge in [-0.05, 0) is 19.8 Å². The van der Waals surface area contributed by atoms with Gasteiger partial charge in [-0.1, -0.05) is 25.9 Å². The van der Waals surface area contributed by atoms with Crippen LogP contribution in [0.15, 0.2) is 9.52 Å². The number of hydrogen-bond donors (Lipinski definition) is 2. The second kappa shape index (κ2) is 8.27. The fraction of sp³-hybridized carbons (Fsp3) is 0.800. The molecule has 1 unspecified atom stereocenters. The first kappa shape index (κ1) is 20.1. The van der Waals surface area contributed by atoms with E-state index < -0.39 is 0 Å². The van der Waals surface area contributed by atoms with E-state index in [1.807, 2.05) is 20.8 Å². The van der Waals surface area contributed by atoms with Crippen molar-refractivity contribution in [2.75, 3.05) is 20.2 Å². The number of nitrogens with zero attached hydrogens (tertiary/aromatic N) is 3. The van der Waals surface area contributed by atoms with Crippen molar-refractivity contribution in [2.45, 2.75) is 58.1 Å². The topological polar surface area (TPSA) is 84.6 Å². The molecule has 7 nitrogen and oxygen atoms in total. The van der Waals surface area contributed by atoms with E-state index in [0.29, 0.717) is 24.2 Å². The number of nitrogens with one attached hydrogen (secondary N) is 2. The van der Waals surface area contributed by atoms with E-state index in [0.717, 1.165) is 26.0 Å². The Balaban J connectivity index is 0.00000264. The van der Waals surface area contributed by atoms with Crippen molar-refractivity contribution in [1.82, 2.24) is 20.8 Å². The first-order chi connectivity index (χ1) is 10.3. The van der Waals surface area contributed by atoms with Crippen molar-refractivity contribution in [3.8, 4) is 0 Å². The Morgan fingerprint density at radius 2 is 2.09 bits per heavy atom. The molecule has 1 saturated heterocycles. The highest BCUT2D eigenvalue weighted by atomic mass is 127. The second-order valence-electron chi connectivity index (χ2n) is 6.95. The smallest absolute Gasteiger partial charge is 0.232 e. The average molecular weight is 437 g/mol. The van der Waals surface area contributed by atoms with Crippen LogP contribution in [-0.4, -0.2) is 41.9 Å². The predicted octanol–water partition coefficient (Wildman–Crippen LogP) is 2.22. The van der Waals surface area contributed by atoms with Gasteiger partial charge in [0.05, 0.1) is 12.1 Å². The van der Waals surface area contributed by atoms with E-state index in [9.17, 15) is 0 Å². The average Bonchev–Trinajstić information content (AvgIpc) is 3.08. The summed E-state index contributed by atoms with van der Waals surface area (Å²) in [5.41, 5.74) is -0.247. The van der Waals surface area contributed by atoms with Crippen molar-refractivity contribution < 1.29 is 9.26 Å². The normalized spacial score (nSPS) is 21.9. The summed E-state index contributed by atoms with van der Waals surface area (Å²) in [6.07, 6.45) is 2.18. The molecular formula is C15H28IN5O2. The molecule has 1 atom stereocenters. The first-order valence-corrected chi connectivity index (χ1v) is 7.74. The number of aromatic nitrogens is 2. The lowest BCUT2D eigenvalue weighted by molar-refractivity contribution is 0.0243. The Morgan fingerprint density at radius 1 is 1.35 bits per heavy atom. The van der Waals surface area contributed by atoms with Crippen molar-refractivity contribution in [3.63, 3.8) is 0 Å². The molecule has 0 aliphatic carbocycles. The van der Waals surface area contributed by atoms with Gasteiger partial charge in [0.25, 0.3) is 0 Å². The lowest BCUT2D eigenvalue weighted by Gasteiger charge is -2.24. The highest BCUT2D eigenvalue weighted by molar-refractivity contribution is 14.0. The largest absolute Gasteiger partial charge is 0.373 e. The quantitative estimate of drug-likeness (QED) is 0.427. The second-order valence-corrected chi connectivity index (χ2v) is 6.95. The molecule has 1 aromatic rings. The maximum atomic E-state index is 5.75. The molecule has 0 spiro atoms. The standard InChI is InChI=1S/C15H27N5O2.HI/c1-14(2,3)12-19-11(20-22-12)9-17-13(16-5)18-10-15(4)7-6-8-21-15;/h6-10H2,1-5H3,(H2,16,17,18);1H. The van der Waals surface area contributed by atoms with E-state index in [2.05, 4.69) is 32.7 Å². The summed E-state index contributed by atoms with van der Waals surface area (Å²) in [6.45, 7) is 10.3. The zero-order valence-electron chi connectivity index (χ0n) is 14.6. The van der Waals surface area contributed by atoms with Crippen LogP contribution in [0.25, 0.3) is 0 Å². The Hall–Kier alpha value is -0.900. The van der Waals surface area contributed by atoms with Crippen molar-refractivity contribution >= 4 is 29.9 Å². The summed E-state index contributed by atoms with van der Waals surface area (Å²) in [4.78, 5) is 8.59. The van der Waals surface area contributed by atoms with Crippen LogP contribution in [0.2, 0.25) is 0 Å². The molecule has 1 fully saturated rings. The van der Waals surface area contributed by atoms with Gasteiger partial charge in [0.2, 0.25) is 5.89 Å². The minimum absolute atomic E-state index is 0. The highest BCUT2D eigenvalue weighted by Crippen LogP contribution is 2.23. The van der Waals surface area contributed by atoms with E-state index >= 15 is 0 Å². The van der Waals surface area contributed by atoms with Crippen molar-refractivity contribution in [3.05, 3.63) is 11.7 Å². The Morgan fingerprint density at radius 3 is 2.61 bits per heavy atom. The van der Waals surface area contributed by atoms with Gasteiger partial charge in [0.15, 0.2) is 11.8 Å². The van der Waals surface area contributed by atoms with Crippen LogP contribution in [0.3, 0.4) is 0 Å². The molecule has 23 heavy (non-hydrogen) atoms. The van der Waals surface area contributed by atoms with Gasteiger partial charge in [-0.15, -0.1) is 24.0 Å². The lowest BCUT2D eigenvalue weighted by atomic mass is 9.97. The minimum Gasteiger partial charge on any atom is -0.373 e. The highest BCUT2D eigenvalue weighted by Gasteiger charge is 2.29. The van der Waals surface area contributed by atoms with E-state index in [4.69, 9.17) is 9.26 Å².